The van der Waals surface area contributed by atoms with Crippen molar-refractivity contribution in [2.75, 3.05) is 0 Å². The van der Waals surface area contributed by atoms with Crippen molar-refractivity contribution in [2.45, 2.75) is 18.9 Å². The molecular weight excluding hydrogens is 168 g/mol. The van der Waals surface area contributed by atoms with E-state index in [-0.39, 0.29) is 0 Å². The topological polar surface area (TPSA) is 57.5 Å². The maximum atomic E-state index is 10.8. The van der Waals surface area contributed by atoms with Crippen molar-refractivity contribution in [3.63, 3.8) is 0 Å². The molecule has 0 spiro atoms. The van der Waals surface area contributed by atoms with Gasteiger partial charge in [0.1, 0.15) is 5.92 Å². The molecule has 0 heterocycles. The van der Waals surface area contributed by atoms with Crippen LogP contribution in [0, 0.1) is 0 Å². The van der Waals surface area contributed by atoms with Gasteiger partial charge in [0, 0.05) is 0 Å². The van der Waals surface area contributed by atoms with E-state index in [1.165, 1.54) is 6.92 Å². The molecule has 1 rings (SSSR count). The zero-order valence-corrected chi connectivity index (χ0v) is 7.34. The highest BCUT2D eigenvalue weighted by Gasteiger charge is 2.24. The fraction of sp³-hybridized carbons (Fsp3) is 0.300. The van der Waals surface area contributed by atoms with Crippen LogP contribution in [0.3, 0.4) is 0 Å². The molecule has 3 nitrogen and oxygen atoms in total. The van der Waals surface area contributed by atoms with Crippen LogP contribution >= 0.6 is 0 Å². The minimum atomic E-state index is -0.999. The van der Waals surface area contributed by atoms with Gasteiger partial charge < -0.3 is 10.2 Å². The van der Waals surface area contributed by atoms with Crippen molar-refractivity contribution >= 4 is 5.97 Å². The number of carbonyl (C=O) groups is 1. The average molecular weight is 180 g/mol. The van der Waals surface area contributed by atoms with Gasteiger partial charge in [-0.05, 0) is 12.5 Å². The monoisotopic (exact) mass is 180 g/mol. The third kappa shape index (κ3) is 2.29. The molecule has 1 aromatic carbocycles. The van der Waals surface area contributed by atoms with Crippen LogP contribution in [0.25, 0.3) is 0 Å². The molecule has 0 saturated carbocycles. The molecule has 1 aromatic rings. The highest BCUT2D eigenvalue weighted by molar-refractivity contribution is 5.76. The van der Waals surface area contributed by atoms with Crippen LogP contribution in [0.4, 0.5) is 0 Å². The maximum Gasteiger partial charge on any atom is 0.313 e. The smallest absolute Gasteiger partial charge is 0.313 e. The highest BCUT2D eigenvalue weighted by Crippen LogP contribution is 2.19. The Kier molecular flexibility index (Phi) is 3.03. The number of benzene rings is 1. The van der Waals surface area contributed by atoms with Gasteiger partial charge >= 0.3 is 5.97 Å². The van der Waals surface area contributed by atoms with E-state index in [0.29, 0.717) is 5.56 Å². The van der Waals surface area contributed by atoms with Gasteiger partial charge in [-0.3, -0.25) is 4.79 Å². The molecule has 2 N–H and O–H groups in total. The van der Waals surface area contributed by atoms with Gasteiger partial charge in [0.15, 0.2) is 0 Å². The fourth-order valence-corrected chi connectivity index (χ4v) is 1.29. The molecule has 0 aromatic heterocycles. The van der Waals surface area contributed by atoms with E-state index in [0.717, 1.165) is 0 Å². The Bertz CT molecular complexity index is 279. The van der Waals surface area contributed by atoms with Crippen molar-refractivity contribution in [1.29, 1.82) is 0 Å². The quantitative estimate of drug-likeness (QED) is 0.735. The third-order valence-electron chi connectivity index (χ3n) is 1.91. The number of aliphatic hydroxyl groups excluding tert-OH is 1. The molecular formula is C10H12O3. The zero-order valence-electron chi connectivity index (χ0n) is 7.34. The summed E-state index contributed by atoms with van der Waals surface area (Å²) in [4.78, 5) is 10.8. The summed E-state index contributed by atoms with van der Waals surface area (Å²) in [6.45, 7) is 1.48. The van der Waals surface area contributed by atoms with Crippen molar-refractivity contribution < 1.29 is 15.0 Å². The lowest BCUT2D eigenvalue weighted by atomic mass is 9.95. The first-order valence-corrected chi connectivity index (χ1v) is 4.08. The van der Waals surface area contributed by atoms with Crippen LogP contribution in [0.2, 0.25) is 0 Å². The summed E-state index contributed by atoms with van der Waals surface area (Å²) >= 11 is 0. The summed E-state index contributed by atoms with van der Waals surface area (Å²) in [5.74, 6) is -1.83. The number of carboxylic acids is 1. The lowest BCUT2D eigenvalue weighted by molar-refractivity contribution is -0.141. The lowest BCUT2D eigenvalue weighted by Crippen LogP contribution is -2.23. The second kappa shape index (κ2) is 4.05. The standard InChI is InChI=1S/C10H12O3/c1-7(11)9(10(12)13)8-5-3-2-4-6-8/h2-7,9,11H,1H3,(H,12,13)/t7-,9-/m1/s1. The summed E-state index contributed by atoms with van der Waals surface area (Å²) in [5, 5.41) is 18.1. The highest BCUT2D eigenvalue weighted by atomic mass is 16.4. The van der Waals surface area contributed by atoms with E-state index >= 15 is 0 Å². The van der Waals surface area contributed by atoms with Gasteiger partial charge in [0.25, 0.3) is 0 Å². The number of aliphatic carboxylic acids is 1. The van der Waals surface area contributed by atoms with Gasteiger partial charge in [0.2, 0.25) is 0 Å². The van der Waals surface area contributed by atoms with Crippen molar-refractivity contribution in [2.24, 2.45) is 0 Å². The Morgan fingerprint density at radius 1 is 1.31 bits per heavy atom. The van der Waals surface area contributed by atoms with Gasteiger partial charge in [-0.1, -0.05) is 30.3 Å². The number of hydrogen-bond donors (Lipinski definition) is 2. The summed E-state index contributed by atoms with van der Waals surface area (Å²) in [5.41, 5.74) is 0.630. The van der Waals surface area contributed by atoms with E-state index in [9.17, 15) is 9.90 Å². The van der Waals surface area contributed by atoms with Crippen LogP contribution in [-0.4, -0.2) is 22.3 Å². The minimum absolute atomic E-state index is 0.630. The molecule has 0 saturated heterocycles. The Morgan fingerprint density at radius 3 is 2.23 bits per heavy atom. The first-order valence-electron chi connectivity index (χ1n) is 4.08. The predicted octanol–water partition coefficient (Wildman–Crippen LogP) is 1.24. The Balaban J connectivity index is 2.96. The second-order valence-corrected chi connectivity index (χ2v) is 2.97. The van der Waals surface area contributed by atoms with Gasteiger partial charge in [0.05, 0.1) is 6.10 Å². The van der Waals surface area contributed by atoms with Crippen LogP contribution < -0.4 is 0 Å². The molecule has 13 heavy (non-hydrogen) atoms. The number of rotatable bonds is 3. The van der Waals surface area contributed by atoms with Crippen LogP contribution in [-0.2, 0) is 4.79 Å². The summed E-state index contributed by atoms with van der Waals surface area (Å²) in [6.07, 6.45) is -0.875. The Hall–Kier alpha value is -1.35. The first kappa shape index (κ1) is 9.74. The molecule has 0 amide bonds. The van der Waals surface area contributed by atoms with Crippen molar-refractivity contribution in [3.8, 4) is 0 Å². The molecule has 0 aliphatic heterocycles. The molecule has 0 aliphatic carbocycles. The Labute approximate surface area is 76.6 Å². The van der Waals surface area contributed by atoms with E-state index in [2.05, 4.69) is 0 Å². The maximum absolute atomic E-state index is 10.8. The predicted molar refractivity (Wildman–Crippen MR) is 48.5 cm³/mol. The van der Waals surface area contributed by atoms with E-state index in [4.69, 9.17) is 5.11 Å². The average Bonchev–Trinajstić information content (AvgIpc) is 2.04. The van der Waals surface area contributed by atoms with Gasteiger partial charge in [-0.2, -0.15) is 0 Å². The van der Waals surface area contributed by atoms with Crippen molar-refractivity contribution in [1.82, 2.24) is 0 Å². The third-order valence-corrected chi connectivity index (χ3v) is 1.91. The molecule has 0 fully saturated rings. The number of carboxylic acid groups (broad SMARTS) is 1. The van der Waals surface area contributed by atoms with Crippen LogP contribution in [0.5, 0.6) is 0 Å². The number of aliphatic hydroxyl groups is 1. The van der Waals surface area contributed by atoms with Crippen molar-refractivity contribution in [3.05, 3.63) is 35.9 Å². The molecule has 0 radical (unpaired) electrons. The largest absolute Gasteiger partial charge is 0.481 e. The SMILES string of the molecule is C[C@@H](O)[C@@H](C(=O)O)c1ccccc1. The summed E-state index contributed by atoms with van der Waals surface area (Å²) < 4.78 is 0. The minimum Gasteiger partial charge on any atom is -0.481 e. The molecule has 0 aliphatic rings. The van der Waals surface area contributed by atoms with Crippen LogP contribution in [0.15, 0.2) is 30.3 Å². The second-order valence-electron chi connectivity index (χ2n) is 2.97. The fourth-order valence-electron chi connectivity index (χ4n) is 1.29. The first-order chi connectivity index (χ1) is 6.13. The molecule has 0 bridgehead atoms. The van der Waals surface area contributed by atoms with Crippen LogP contribution in [0.1, 0.15) is 18.4 Å². The Morgan fingerprint density at radius 2 is 1.85 bits per heavy atom. The molecule has 0 unspecified atom stereocenters. The molecule has 70 valence electrons. The molecule has 2 atom stereocenters. The summed E-state index contributed by atoms with van der Waals surface area (Å²) in [6, 6.07) is 8.72. The van der Waals surface area contributed by atoms with E-state index in [1.54, 1.807) is 24.3 Å². The zero-order chi connectivity index (χ0) is 9.84. The summed E-state index contributed by atoms with van der Waals surface area (Å²) in [7, 11) is 0. The molecule has 3 heteroatoms. The lowest BCUT2D eigenvalue weighted by Gasteiger charge is -2.14. The van der Waals surface area contributed by atoms with Gasteiger partial charge in [-0.15, -0.1) is 0 Å². The number of hydrogen-bond acceptors (Lipinski definition) is 2. The normalized spacial score (nSPS) is 14.9. The van der Waals surface area contributed by atoms with E-state index in [1.807, 2.05) is 6.07 Å². The van der Waals surface area contributed by atoms with E-state index < -0.39 is 18.0 Å². The van der Waals surface area contributed by atoms with Gasteiger partial charge in [-0.25, -0.2) is 0 Å².